The molecule has 3 heteroatoms. The number of nitrogens with two attached hydrogens (primary N) is 1. The normalized spacial score (nSPS) is 9.48. The molecule has 27 heavy (non-hydrogen) atoms. The first-order valence-corrected chi connectivity index (χ1v) is 10.7. The van der Waals surface area contributed by atoms with Crippen molar-refractivity contribution >= 4 is 10.9 Å². The maximum absolute atomic E-state index is 4.50. The maximum Gasteiger partial charge on any atom is 0.0456 e. The van der Waals surface area contributed by atoms with Gasteiger partial charge in [-0.25, -0.2) is 0 Å². The molecule has 0 radical (unpaired) electrons. The van der Waals surface area contributed by atoms with E-state index in [1.807, 2.05) is 34.7 Å². The lowest BCUT2D eigenvalue weighted by molar-refractivity contribution is 0.727. The maximum atomic E-state index is 4.50. The van der Waals surface area contributed by atoms with Crippen LogP contribution >= 0.6 is 0 Å². The molecule has 0 spiro atoms. The van der Waals surface area contributed by atoms with Crippen molar-refractivity contribution < 1.29 is 0 Å². The quantitative estimate of drug-likeness (QED) is 0.387. The smallest absolute Gasteiger partial charge is 0.0456 e. The number of H-pyrrole nitrogens is 1. The zero-order valence-corrected chi connectivity index (χ0v) is 19.6. The molecule has 0 amide bonds. The topological polar surface area (TPSA) is 53.8 Å². The van der Waals surface area contributed by atoms with Gasteiger partial charge in [0.1, 0.15) is 0 Å². The highest BCUT2D eigenvalue weighted by atomic mass is 14.8. The molecule has 2 aromatic rings. The van der Waals surface area contributed by atoms with E-state index in [0.717, 1.165) is 13.0 Å². The molecule has 0 saturated carbocycles. The minimum absolute atomic E-state index is 1.08. The molecule has 1 heterocycles. The van der Waals surface area contributed by atoms with E-state index >= 15 is 0 Å². The van der Waals surface area contributed by atoms with Crippen LogP contribution in [0.2, 0.25) is 0 Å². The molecule has 0 aliphatic rings. The van der Waals surface area contributed by atoms with Crippen molar-refractivity contribution in [2.45, 2.75) is 74.1 Å². The average molecular weight is 378 g/mol. The van der Waals surface area contributed by atoms with Crippen LogP contribution < -0.4 is 11.1 Å². The fraction of sp³-hybridized carbons (Fsp3) is 0.583. The van der Waals surface area contributed by atoms with Gasteiger partial charge >= 0.3 is 0 Å². The Hall–Kier alpha value is -1.58. The Labute approximate surface area is 169 Å². The van der Waals surface area contributed by atoms with Crippen molar-refractivity contribution in [3.05, 3.63) is 47.7 Å². The SMILES string of the molecule is CC.CC.CC/C=C(\C)CC.CN.CNCCCc1c[nH]c2ccccc12. The number of para-hydroxylation sites is 1. The van der Waals surface area contributed by atoms with Crippen LogP contribution in [0.15, 0.2) is 42.1 Å². The second kappa shape index (κ2) is 24.4. The van der Waals surface area contributed by atoms with E-state index in [9.17, 15) is 0 Å². The molecule has 1 aromatic heterocycles. The molecule has 0 bridgehead atoms. The van der Waals surface area contributed by atoms with Gasteiger partial charge in [-0.2, -0.15) is 0 Å². The van der Waals surface area contributed by atoms with E-state index in [-0.39, 0.29) is 0 Å². The van der Waals surface area contributed by atoms with Crippen molar-refractivity contribution in [1.82, 2.24) is 10.3 Å². The van der Waals surface area contributed by atoms with Crippen LogP contribution in [0.25, 0.3) is 10.9 Å². The molecule has 0 aliphatic heterocycles. The summed E-state index contributed by atoms with van der Waals surface area (Å²) in [7, 11) is 3.50. The van der Waals surface area contributed by atoms with Gasteiger partial charge in [0.15, 0.2) is 0 Å². The van der Waals surface area contributed by atoms with Crippen LogP contribution in [-0.4, -0.2) is 25.6 Å². The highest BCUT2D eigenvalue weighted by molar-refractivity contribution is 5.82. The van der Waals surface area contributed by atoms with Crippen LogP contribution in [-0.2, 0) is 6.42 Å². The summed E-state index contributed by atoms with van der Waals surface area (Å²) in [5.41, 5.74) is 8.67. The highest BCUT2D eigenvalue weighted by Gasteiger charge is 2.01. The first-order chi connectivity index (χ1) is 13.2. The molecule has 0 unspecified atom stereocenters. The predicted molar refractivity (Wildman–Crippen MR) is 128 cm³/mol. The molecule has 0 saturated heterocycles. The Kier molecular flexibility index (Phi) is 27.3. The van der Waals surface area contributed by atoms with Crippen molar-refractivity contribution in [2.24, 2.45) is 5.73 Å². The molecule has 158 valence electrons. The largest absolute Gasteiger partial charge is 0.361 e. The number of nitrogens with one attached hydrogen (secondary N) is 2. The van der Waals surface area contributed by atoms with Crippen LogP contribution in [0.5, 0.6) is 0 Å². The van der Waals surface area contributed by atoms with Gasteiger partial charge in [-0.15, -0.1) is 0 Å². The van der Waals surface area contributed by atoms with Crippen molar-refractivity contribution in [1.29, 1.82) is 0 Å². The van der Waals surface area contributed by atoms with Crippen LogP contribution in [0.3, 0.4) is 0 Å². The molecule has 3 nitrogen and oxygen atoms in total. The summed E-state index contributed by atoms with van der Waals surface area (Å²) in [6, 6.07) is 8.46. The number of allylic oxidation sites excluding steroid dienone is 2. The lowest BCUT2D eigenvalue weighted by Crippen LogP contribution is -2.08. The first kappa shape index (κ1) is 30.2. The number of aryl methyl sites for hydroxylation is 1. The van der Waals surface area contributed by atoms with Gasteiger partial charge in [0.2, 0.25) is 0 Å². The fourth-order valence-corrected chi connectivity index (χ4v) is 2.29. The summed E-state index contributed by atoms with van der Waals surface area (Å²) in [6.45, 7) is 15.6. The van der Waals surface area contributed by atoms with Gasteiger partial charge in [-0.3, -0.25) is 0 Å². The number of hydrogen-bond acceptors (Lipinski definition) is 2. The Morgan fingerprint density at radius 1 is 1.07 bits per heavy atom. The van der Waals surface area contributed by atoms with E-state index < -0.39 is 0 Å². The zero-order chi connectivity index (χ0) is 21.5. The van der Waals surface area contributed by atoms with Crippen LogP contribution in [0.4, 0.5) is 0 Å². The van der Waals surface area contributed by atoms with Gasteiger partial charge in [0, 0.05) is 17.1 Å². The van der Waals surface area contributed by atoms with E-state index in [0.29, 0.717) is 0 Å². The lowest BCUT2D eigenvalue weighted by Gasteiger charge is -1.98. The number of hydrogen-bond donors (Lipinski definition) is 3. The summed E-state index contributed by atoms with van der Waals surface area (Å²) < 4.78 is 0. The number of benzene rings is 1. The number of rotatable bonds is 6. The molecular weight excluding hydrogens is 330 g/mol. The molecular formula is C24H47N3. The third-order valence-electron chi connectivity index (χ3n) is 3.66. The summed E-state index contributed by atoms with van der Waals surface area (Å²) in [5.74, 6) is 0. The van der Waals surface area contributed by atoms with Gasteiger partial charge < -0.3 is 16.0 Å². The Bertz CT molecular complexity index is 541. The van der Waals surface area contributed by atoms with Gasteiger partial charge in [0.05, 0.1) is 0 Å². The molecule has 0 atom stereocenters. The summed E-state index contributed by atoms with van der Waals surface area (Å²) in [5, 5.41) is 4.53. The van der Waals surface area contributed by atoms with Gasteiger partial charge in [0.25, 0.3) is 0 Å². The molecule has 0 fully saturated rings. The molecule has 1 aromatic carbocycles. The van der Waals surface area contributed by atoms with Gasteiger partial charge in [-0.1, -0.05) is 71.4 Å². The van der Waals surface area contributed by atoms with E-state index in [4.69, 9.17) is 0 Å². The number of aromatic nitrogens is 1. The zero-order valence-electron chi connectivity index (χ0n) is 19.6. The third-order valence-corrected chi connectivity index (χ3v) is 3.66. The number of aromatic amines is 1. The Morgan fingerprint density at radius 3 is 2.15 bits per heavy atom. The van der Waals surface area contributed by atoms with Crippen molar-refractivity contribution in [3.63, 3.8) is 0 Å². The van der Waals surface area contributed by atoms with Crippen molar-refractivity contribution in [3.8, 4) is 0 Å². The molecule has 0 aliphatic carbocycles. The summed E-state index contributed by atoms with van der Waals surface area (Å²) in [4.78, 5) is 3.29. The van der Waals surface area contributed by atoms with E-state index in [1.54, 1.807) is 0 Å². The predicted octanol–water partition coefficient (Wildman–Crippen LogP) is 6.70. The number of fused-ring (bicyclic) bond motifs is 1. The fourth-order valence-electron chi connectivity index (χ4n) is 2.29. The minimum atomic E-state index is 1.08. The third kappa shape index (κ3) is 15.2. The van der Waals surface area contributed by atoms with Crippen molar-refractivity contribution in [2.75, 3.05) is 20.6 Å². The molecule has 2 rings (SSSR count). The Balaban J connectivity index is -0.000000378. The first-order valence-electron chi connectivity index (χ1n) is 10.7. The average Bonchev–Trinajstić information content (AvgIpc) is 3.16. The molecule has 4 N–H and O–H groups in total. The highest BCUT2D eigenvalue weighted by Crippen LogP contribution is 2.18. The second-order valence-electron chi connectivity index (χ2n) is 5.38. The Morgan fingerprint density at radius 2 is 1.67 bits per heavy atom. The minimum Gasteiger partial charge on any atom is -0.361 e. The summed E-state index contributed by atoms with van der Waals surface area (Å²) >= 11 is 0. The van der Waals surface area contributed by atoms with Gasteiger partial charge in [-0.05, 0) is 64.9 Å². The standard InChI is InChI=1S/C12H16N2.C7H14.2C2H6.CH5N/c1-13-8-4-5-10-9-14-12-7-3-2-6-11(10)12;1-4-6-7(3)5-2;3*1-2/h2-3,6-7,9,13-14H,4-5,8H2,1H3;6H,4-5H2,1-3H3;2*1-2H3;2H2,1H3/b;7-6+;;;. The second-order valence-corrected chi connectivity index (χ2v) is 5.38. The van der Waals surface area contributed by atoms with Crippen LogP contribution in [0, 0.1) is 0 Å². The lowest BCUT2D eigenvalue weighted by atomic mass is 10.1. The van der Waals surface area contributed by atoms with Crippen LogP contribution in [0.1, 0.15) is 73.3 Å². The summed E-state index contributed by atoms with van der Waals surface area (Å²) in [6.07, 6.45) is 9.11. The van der Waals surface area contributed by atoms with E-state index in [2.05, 4.69) is 73.3 Å². The van der Waals surface area contributed by atoms with E-state index in [1.165, 1.54) is 48.3 Å². The monoisotopic (exact) mass is 377 g/mol.